The zero-order valence-corrected chi connectivity index (χ0v) is 25.2. The Bertz CT molecular complexity index is 1460. The molecule has 41 heavy (non-hydrogen) atoms. The number of aryl methyl sites for hydroxylation is 1. The summed E-state index contributed by atoms with van der Waals surface area (Å²) in [5.41, 5.74) is 1.80. The van der Waals surface area contributed by atoms with E-state index in [2.05, 4.69) is 5.32 Å². The molecule has 0 heterocycles. The molecule has 8 nitrogen and oxygen atoms in total. The second-order valence-corrected chi connectivity index (χ2v) is 12.9. The Morgan fingerprint density at radius 3 is 2.17 bits per heavy atom. The Hall–Kier alpha value is -3.92. The lowest BCUT2D eigenvalue weighted by Crippen LogP contribution is -2.56. The van der Waals surface area contributed by atoms with Gasteiger partial charge < -0.3 is 15.0 Å². The molecule has 0 fully saturated rings. The summed E-state index contributed by atoms with van der Waals surface area (Å²) in [7, 11) is -2.53. The molecule has 0 aromatic heterocycles. The predicted molar refractivity (Wildman–Crippen MR) is 159 cm³/mol. The SMILES string of the molecule is COc1ccc(C)cc1N(CC(=O)N(Cc1ccc(F)cc1)C(Cc1ccccc1)C(=O)NC(C)(C)C)S(C)(=O)=O. The minimum absolute atomic E-state index is 0.0449. The van der Waals surface area contributed by atoms with Gasteiger partial charge in [0.05, 0.1) is 19.1 Å². The van der Waals surface area contributed by atoms with Crippen LogP contribution in [0.3, 0.4) is 0 Å². The van der Waals surface area contributed by atoms with E-state index in [1.165, 1.54) is 36.3 Å². The summed E-state index contributed by atoms with van der Waals surface area (Å²) in [5.74, 6) is -1.15. The van der Waals surface area contributed by atoms with Crippen molar-refractivity contribution in [1.82, 2.24) is 10.2 Å². The zero-order valence-electron chi connectivity index (χ0n) is 24.3. The highest BCUT2D eigenvalue weighted by atomic mass is 32.2. The summed E-state index contributed by atoms with van der Waals surface area (Å²) in [4.78, 5) is 29.3. The Kier molecular flexibility index (Phi) is 10.1. The fourth-order valence-corrected chi connectivity index (χ4v) is 5.23. The molecule has 0 spiro atoms. The highest BCUT2D eigenvalue weighted by molar-refractivity contribution is 7.92. The first-order valence-corrected chi connectivity index (χ1v) is 15.0. The summed E-state index contributed by atoms with van der Waals surface area (Å²) < 4.78 is 46.2. The van der Waals surface area contributed by atoms with Gasteiger partial charge in [-0.15, -0.1) is 0 Å². The molecule has 0 aliphatic carbocycles. The number of ether oxygens (including phenoxy) is 1. The number of carbonyl (C=O) groups is 2. The molecule has 0 saturated heterocycles. The largest absolute Gasteiger partial charge is 0.495 e. The highest BCUT2D eigenvalue weighted by Gasteiger charge is 2.35. The quantitative estimate of drug-likeness (QED) is 0.360. The van der Waals surface area contributed by atoms with Gasteiger partial charge in [-0.25, -0.2) is 12.8 Å². The first-order chi connectivity index (χ1) is 19.2. The van der Waals surface area contributed by atoms with Crippen molar-refractivity contribution < 1.29 is 27.1 Å². The molecule has 1 unspecified atom stereocenters. The third-order valence-corrected chi connectivity index (χ3v) is 7.44. The average Bonchev–Trinajstić information content (AvgIpc) is 2.89. The van der Waals surface area contributed by atoms with Crippen molar-refractivity contribution in [3.05, 3.63) is 95.3 Å². The highest BCUT2D eigenvalue weighted by Crippen LogP contribution is 2.31. The van der Waals surface area contributed by atoms with Crippen molar-refractivity contribution >= 4 is 27.5 Å². The van der Waals surface area contributed by atoms with Crippen molar-refractivity contribution in [1.29, 1.82) is 0 Å². The van der Waals surface area contributed by atoms with Gasteiger partial charge in [0.25, 0.3) is 0 Å². The molecular weight excluding hydrogens is 545 g/mol. The molecule has 10 heteroatoms. The number of amides is 2. The Morgan fingerprint density at radius 1 is 0.976 bits per heavy atom. The number of carbonyl (C=O) groups excluding carboxylic acids is 2. The third-order valence-electron chi connectivity index (χ3n) is 6.32. The fourth-order valence-electron chi connectivity index (χ4n) is 4.38. The standard InChI is InChI=1S/C31H38FN3O5S/c1-22-12-17-28(40-5)26(18-22)35(41(6,38)39)21-29(36)34(20-24-13-15-25(32)16-14-24)27(30(37)33-31(2,3)4)19-23-10-8-7-9-11-23/h7-18,27H,19-21H2,1-6H3,(H,33,37). The average molecular weight is 584 g/mol. The first-order valence-electron chi connectivity index (χ1n) is 13.2. The molecule has 0 aliphatic heterocycles. The number of anilines is 1. The predicted octanol–water partition coefficient (Wildman–Crippen LogP) is 4.46. The van der Waals surface area contributed by atoms with Crippen molar-refractivity contribution in [2.75, 3.05) is 24.2 Å². The van der Waals surface area contributed by atoms with E-state index in [0.717, 1.165) is 21.7 Å². The molecule has 0 radical (unpaired) electrons. The van der Waals surface area contributed by atoms with Gasteiger partial charge in [-0.05, 0) is 68.7 Å². The van der Waals surface area contributed by atoms with E-state index in [1.807, 2.05) is 51.1 Å². The van der Waals surface area contributed by atoms with Gasteiger partial charge in [0, 0.05) is 18.5 Å². The van der Waals surface area contributed by atoms with Crippen LogP contribution in [0.15, 0.2) is 72.8 Å². The van der Waals surface area contributed by atoms with Crippen LogP contribution in [0, 0.1) is 12.7 Å². The second-order valence-electron chi connectivity index (χ2n) is 11.0. The normalized spacial score (nSPS) is 12.4. The van der Waals surface area contributed by atoms with Crippen LogP contribution in [-0.2, 0) is 32.6 Å². The lowest BCUT2D eigenvalue weighted by atomic mass is 10.0. The van der Waals surface area contributed by atoms with Gasteiger partial charge >= 0.3 is 0 Å². The van der Waals surface area contributed by atoms with Crippen molar-refractivity contribution in [3.63, 3.8) is 0 Å². The van der Waals surface area contributed by atoms with E-state index in [9.17, 15) is 22.4 Å². The summed E-state index contributed by atoms with van der Waals surface area (Å²) >= 11 is 0. The number of nitrogens with zero attached hydrogens (tertiary/aromatic N) is 2. The monoisotopic (exact) mass is 583 g/mol. The van der Waals surface area contributed by atoms with Gasteiger partial charge in [-0.3, -0.25) is 13.9 Å². The molecule has 220 valence electrons. The second kappa shape index (κ2) is 13.2. The van der Waals surface area contributed by atoms with Crippen LogP contribution in [0.25, 0.3) is 0 Å². The fraction of sp³-hybridized carbons (Fsp3) is 0.355. The molecule has 0 bridgehead atoms. The van der Waals surface area contributed by atoms with E-state index < -0.39 is 45.8 Å². The lowest BCUT2D eigenvalue weighted by molar-refractivity contribution is -0.140. The van der Waals surface area contributed by atoms with Crippen molar-refractivity contribution in [3.8, 4) is 5.75 Å². The van der Waals surface area contributed by atoms with Crippen molar-refractivity contribution in [2.24, 2.45) is 0 Å². The topological polar surface area (TPSA) is 96.0 Å². The van der Waals surface area contributed by atoms with E-state index in [-0.39, 0.29) is 24.4 Å². The first kappa shape index (κ1) is 31.6. The number of hydrogen-bond acceptors (Lipinski definition) is 5. The zero-order chi connectivity index (χ0) is 30.4. The summed E-state index contributed by atoms with van der Waals surface area (Å²) in [6, 6.07) is 18.9. The Morgan fingerprint density at radius 2 is 1.61 bits per heavy atom. The molecular formula is C31H38FN3O5S. The Labute approximate surface area is 242 Å². The van der Waals surface area contributed by atoms with Crippen molar-refractivity contribution in [2.45, 2.75) is 52.2 Å². The van der Waals surface area contributed by atoms with Gasteiger partial charge in [0.2, 0.25) is 21.8 Å². The molecule has 1 N–H and O–H groups in total. The van der Waals surface area contributed by atoms with Gasteiger partial charge in [0.15, 0.2) is 0 Å². The van der Waals surface area contributed by atoms with Crippen LogP contribution in [0.4, 0.5) is 10.1 Å². The number of rotatable bonds is 11. The van der Waals surface area contributed by atoms with Gasteiger partial charge in [-0.2, -0.15) is 0 Å². The van der Waals surface area contributed by atoms with Crippen LogP contribution >= 0.6 is 0 Å². The number of halogens is 1. The molecule has 0 aliphatic rings. The molecule has 3 aromatic rings. The summed E-state index contributed by atoms with van der Waals surface area (Å²) in [6.45, 7) is 6.70. The minimum Gasteiger partial charge on any atom is -0.495 e. The Balaban J connectivity index is 2.11. The molecule has 3 aromatic carbocycles. The maximum atomic E-state index is 14.2. The van der Waals surface area contributed by atoms with Gasteiger partial charge in [0.1, 0.15) is 24.2 Å². The molecule has 3 rings (SSSR count). The number of methoxy groups -OCH3 is 1. The van der Waals surface area contributed by atoms with Crippen LogP contribution < -0.4 is 14.4 Å². The van der Waals surface area contributed by atoms with E-state index >= 15 is 0 Å². The van der Waals surface area contributed by atoms with Gasteiger partial charge in [-0.1, -0.05) is 48.5 Å². The maximum absolute atomic E-state index is 14.2. The van der Waals surface area contributed by atoms with E-state index in [4.69, 9.17) is 4.74 Å². The lowest BCUT2D eigenvalue weighted by Gasteiger charge is -2.35. The maximum Gasteiger partial charge on any atom is 0.244 e. The van der Waals surface area contributed by atoms with Crippen LogP contribution in [0.5, 0.6) is 5.75 Å². The number of nitrogens with one attached hydrogen (secondary N) is 1. The molecule has 1 atom stereocenters. The smallest absolute Gasteiger partial charge is 0.244 e. The van der Waals surface area contributed by atoms with E-state index in [0.29, 0.717) is 5.56 Å². The van der Waals surface area contributed by atoms with Crippen LogP contribution in [0.2, 0.25) is 0 Å². The number of sulfonamides is 1. The summed E-state index contributed by atoms with van der Waals surface area (Å²) in [5, 5.41) is 2.97. The third kappa shape index (κ3) is 9.04. The number of benzene rings is 3. The van der Waals surface area contributed by atoms with Crippen LogP contribution in [-0.4, -0.2) is 56.6 Å². The minimum atomic E-state index is -3.95. The number of hydrogen-bond donors (Lipinski definition) is 1. The van der Waals surface area contributed by atoms with Crippen LogP contribution in [0.1, 0.15) is 37.5 Å². The van der Waals surface area contributed by atoms with E-state index in [1.54, 1.807) is 25.1 Å². The molecule has 2 amide bonds. The molecule has 0 saturated carbocycles. The summed E-state index contributed by atoms with van der Waals surface area (Å²) in [6.07, 6.45) is 1.20.